The van der Waals surface area contributed by atoms with Gasteiger partial charge in [-0.05, 0) is 0 Å². The fraction of sp³-hybridized carbons (Fsp3) is 0.200. The molecule has 0 saturated carbocycles. The van der Waals surface area contributed by atoms with Crippen LogP contribution in [0.25, 0.3) is 0 Å². The number of aliphatic hydroxyl groups is 1. The summed E-state index contributed by atoms with van der Waals surface area (Å²) in [6.07, 6.45) is -0.800. The first-order valence-electron chi connectivity index (χ1n) is 7.57. The van der Waals surface area contributed by atoms with Crippen LogP contribution in [0.5, 0.6) is 17.2 Å². The second-order valence-corrected chi connectivity index (χ2v) is 5.03. The Morgan fingerprint density at radius 3 is 1.64 bits per heavy atom. The summed E-state index contributed by atoms with van der Waals surface area (Å²) in [5.41, 5.74) is 1.39. The molecule has 25 heavy (non-hydrogen) atoms. The number of benzene rings is 1. The van der Waals surface area contributed by atoms with E-state index in [4.69, 9.17) is 14.2 Å². The molecule has 1 unspecified atom stereocenters. The van der Waals surface area contributed by atoms with Gasteiger partial charge in [0, 0.05) is 29.2 Å². The van der Waals surface area contributed by atoms with Gasteiger partial charge in [-0.15, -0.1) is 5.56 Å². The zero-order valence-electron chi connectivity index (χ0n) is 14.5. The third kappa shape index (κ3) is 5.40. The van der Waals surface area contributed by atoms with Crippen LogP contribution >= 0.6 is 0 Å². The molecule has 0 bridgehead atoms. The second kappa shape index (κ2) is 10.6. The molecule has 5 heteroatoms. The van der Waals surface area contributed by atoms with Crippen LogP contribution in [0.4, 0.5) is 0 Å². The fourth-order valence-electron chi connectivity index (χ4n) is 2.36. The predicted molar refractivity (Wildman–Crippen MR) is 94.2 cm³/mol. The van der Waals surface area contributed by atoms with Crippen LogP contribution in [0.2, 0.25) is 0 Å². The van der Waals surface area contributed by atoms with E-state index >= 15 is 0 Å². The largest absolute Gasteiger partial charge is 0.748 e. The summed E-state index contributed by atoms with van der Waals surface area (Å²) in [7, 11) is 4.67. The smallest absolute Gasteiger partial charge is 0.131 e. The van der Waals surface area contributed by atoms with Crippen molar-refractivity contribution in [2.75, 3.05) is 21.3 Å². The molecule has 0 radical (unpaired) electrons. The van der Waals surface area contributed by atoms with Crippen LogP contribution in [-0.2, 0) is 17.1 Å². The molecule has 4 nitrogen and oxygen atoms in total. The molecule has 0 heterocycles. The van der Waals surface area contributed by atoms with Crippen LogP contribution in [0.1, 0.15) is 17.2 Å². The maximum absolute atomic E-state index is 10.5. The molecule has 0 aliphatic rings. The van der Waals surface area contributed by atoms with E-state index in [-0.39, 0.29) is 17.1 Å². The standard InChI is InChI=1S/C15H17O4.C5H5.Fe/c1-17-11-8-12(18-2)14(13(9-11)19-3)15(16)10-6-4-5-7-10;1-2-4-5-3-1;/h4-9,15-16H,1-3H3;1-5H;/q-1;-5;. The average Bonchev–Trinajstić information content (AvgIpc) is 3.35. The van der Waals surface area contributed by atoms with Crippen molar-refractivity contribution in [3.8, 4) is 17.2 Å². The van der Waals surface area contributed by atoms with Crippen molar-refractivity contribution in [1.82, 2.24) is 0 Å². The second-order valence-electron chi connectivity index (χ2n) is 5.03. The van der Waals surface area contributed by atoms with Crippen molar-refractivity contribution in [1.29, 1.82) is 0 Å². The third-order valence-electron chi connectivity index (χ3n) is 3.59. The van der Waals surface area contributed by atoms with E-state index in [1.807, 2.05) is 54.6 Å². The van der Waals surface area contributed by atoms with Crippen LogP contribution in [0.3, 0.4) is 0 Å². The van der Waals surface area contributed by atoms with Gasteiger partial charge < -0.3 is 49.6 Å². The molecule has 0 aromatic heterocycles. The summed E-state index contributed by atoms with van der Waals surface area (Å²) in [6, 6.07) is 20.9. The van der Waals surface area contributed by atoms with Crippen molar-refractivity contribution in [3.05, 3.63) is 77.9 Å². The molecular formula is C20H22FeO4-6. The molecule has 0 amide bonds. The van der Waals surface area contributed by atoms with E-state index < -0.39 is 6.10 Å². The molecule has 1 N–H and O–H groups in total. The number of hydrogen-bond acceptors (Lipinski definition) is 4. The van der Waals surface area contributed by atoms with Gasteiger partial charge in [0.1, 0.15) is 17.2 Å². The van der Waals surface area contributed by atoms with Crippen molar-refractivity contribution in [3.63, 3.8) is 0 Å². The molecule has 0 saturated heterocycles. The van der Waals surface area contributed by atoms with Crippen molar-refractivity contribution < 1.29 is 36.4 Å². The van der Waals surface area contributed by atoms with E-state index in [0.717, 1.165) is 5.56 Å². The maximum Gasteiger partial charge on any atom is 0.131 e. The zero-order chi connectivity index (χ0) is 17.4. The van der Waals surface area contributed by atoms with E-state index in [1.54, 1.807) is 33.5 Å². The van der Waals surface area contributed by atoms with E-state index in [0.29, 0.717) is 22.8 Å². The Hall–Kier alpha value is -2.20. The molecule has 140 valence electrons. The van der Waals surface area contributed by atoms with Gasteiger partial charge in [-0.1, -0.05) is 0 Å². The Balaban J connectivity index is 0.000000448. The minimum Gasteiger partial charge on any atom is -0.748 e. The summed E-state index contributed by atoms with van der Waals surface area (Å²) in [5.74, 6) is 1.68. The first-order valence-corrected chi connectivity index (χ1v) is 7.57. The van der Waals surface area contributed by atoms with Gasteiger partial charge in [-0.3, -0.25) is 0 Å². The van der Waals surface area contributed by atoms with Gasteiger partial charge in [-0.2, -0.15) is 12.1 Å². The SMILES string of the molecule is COc1cc(OC)c(C(O)[c-]2cccc2)c(OC)c1.[Fe].[cH-]1[cH-][cH-][cH-][cH-]1. The van der Waals surface area contributed by atoms with E-state index in [1.165, 1.54) is 0 Å². The predicted octanol–water partition coefficient (Wildman–Crippen LogP) is 3.92. The fourth-order valence-corrected chi connectivity index (χ4v) is 2.36. The van der Waals surface area contributed by atoms with Crippen molar-refractivity contribution in [2.24, 2.45) is 0 Å². The first kappa shape index (κ1) is 20.8. The molecule has 3 aromatic rings. The summed E-state index contributed by atoms with van der Waals surface area (Å²) in [4.78, 5) is 0. The molecular weight excluding hydrogens is 360 g/mol. The van der Waals surface area contributed by atoms with Gasteiger partial charge in [-0.25, -0.2) is 12.1 Å². The quantitative estimate of drug-likeness (QED) is 0.537. The topological polar surface area (TPSA) is 47.9 Å². The number of hydrogen-bond donors (Lipinski definition) is 1. The normalized spacial score (nSPS) is 10.7. The molecule has 3 aromatic carbocycles. The van der Waals surface area contributed by atoms with Crippen LogP contribution in [0, 0.1) is 0 Å². The van der Waals surface area contributed by atoms with Crippen LogP contribution < -0.4 is 14.2 Å². The summed E-state index contributed by atoms with van der Waals surface area (Å²) in [6.45, 7) is 0. The van der Waals surface area contributed by atoms with Gasteiger partial charge in [0.2, 0.25) is 0 Å². The molecule has 3 rings (SSSR count). The number of methoxy groups -OCH3 is 3. The number of aliphatic hydroxyl groups excluding tert-OH is 1. The number of ether oxygens (including phenoxy) is 3. The Kier molecular flexibility index (Phi) is 8.85. The Morgan fingerprint density at radius 2 is 1.28 bits per heavy atom. The summed E-state index contributed by atoms with van der Waals surface area (Å²) >= 11 is 0. The monoisotopic (exact) mass is 382 g/mol. The molecule has 0 aliphatic carbocycles. The van der Waals surface area contributed by atoms with Crippen LogP contribution in [0.15, 0.2) is 66.7 Å². The van der Waals surface area contributed by atoms with Gasteiger partial charge >= 0.3 is 0 Å². The van der Waals surface area contributed by atoms with E-state index in [9.17, 15) is 5.11 Å². The van der Waals surface area contributed by atoms with Crippen molar-refractivity contribution in [2.45, 2.75) is 6.10 Å². The van der Waals surface area contributed by atoms with Gasteiger partial charge in [0.05, 0.1) is 33.0 Å². The Morgan fingerprint density at radius 1 is 0.840 bits per heavy atom. The summed E-state index contributed by atoms with van der Waals surface area (Å²) in [5, 5.41) is 10.5. The van der Waals surface area contributed by atoms with Crippen molar-refractivity contribution >= 4 is 0 Å². The maximum atomic E-state index is 10.5. The Bertz CT molecular complexity index is 663. The minimum atomic E-state index is -0.800. The Labute approximate surface area is 159 Å². The first-order chi connectivity index (χ1) is 11.7. The molecule has 0 aliphatic heterocycles. The molecule has 1 atom stereocenters. The van der Waals surface area contributed by atoms with Gasteiger partial charge in [0.25, 0.3) is 0 Å². The minimum absolute atomic E-state index is 0. The molecule has 0 spiro atoms. The summed E-state index contributed by atoms with van der Waals surface area (Å²) < 4.78 is 15.8. The third-order valence-corrected chi connectivity index (χ3v) is 3.59. The molecule has 0 fully saturated rings. The zero-order valence-corrected chi connectivity index (χ0v) is 15.6. The van der Waals surface area contributed by atoms with Gasteiger partial charge in [0.15, 0.2) is 0 Å². The number of rotatable bonds is 5. The average molecular weight is 382 g/mol. The van der Waals surface area contributed by atoms with Crippen LogP contribution in [-0.4, -0.2) is 26.4 Å². The van der Waals surface area contributed by atoms with E-state index in [2.05, 4.69) is 0 Å².